The molecule has 0 atom stereocenters. The maximum Gasteiger partial charge on any atom is 0.256 e. The van der Waals surface area contributed by atoms with Gasteiger partial charge in [-0.05, 0) is 18.2 Å². The van der Waals surface area contributed by atoms with Crippen molar-refractivity contribution in [1.82, 2.24) is 4.90 Å². The molecular formula is C17H20Cl4N2O2. The molecule has 0 aliphatic carbocycles. The molecule has 0 saturated heterocycles. The number of nitrogens with one attached hydrogen (secondary N) is 1. The van der Waals surface area contributed by atoms with Gasteiger partial charge in [-0.15, -0.1) is 13.2 Å². The van der Waals surface area contributed by atoms with Gasteiger partial charge in [0.1, 0.15) is 0 Å². The van der Waals surface area contributed by atoms with Crippen LogP contribution in [-0.4, -0.2) is 34.6 Å². The molecule has 1 aromatic carbocycles. The van der Waals surface area contributed by atoms with Crippen molar-refractivity contribution < 1.29 is 9.59 Å². The summed E-state index contributed by atoms with van der Waals surface area (Å²) in [5, 5.41) is 3.60. The van der Waals surface area contributed by atoms with E-state index in [1.165, 1.54) is 4.90 Å². The lowest BCUT2D eigenvalue weighted by atomic mass is 10.3. The molecule has 1 N–H and O–H groups in total. The van der Waals surface area contributed by atoms with Crippen LogP contribution in [0.1, 0.15) is 13.3 Å². The number of hydrogen-bond donors (Lipinski definition) is 1. The van der Waals surface area contributed by atoms with E-state index in [4.69, 9.17) is 46.4 Å². The van der Waals surface area contributed by atoms with Crippen LogP contribution in [0, 0.1) is 0 Å². The van der Waals surface area contributed by atoms with Crippen molar-refractivity contribution in [3.63, 3.8) is 0 Å². The molecule has 138 valence electrons. The van der Waals surface area contributed by atoms with Crippen molar-refractivity contribution in [3.05, 3.63) is 53.6 Å². The Balaban J connectivity index is 0.000000463. The van der Waals surface area contributed by atoms with E-state index < -0.39 is 4.84 Å². The minimum Gasteiger partial charge on any atom is -0.333 e. The maximum absolute atomic E-state index is 11.2. The lowest BCUT2D eigenvalue weighted by Crippen LogP contribution is -2.35. The number of rotatable bonds is 7. The number of nitrogens with zero attached hydrogens (tertiary/aromatic N) is 1. The quantitative estimate of drug-likeness (QED) is 0.473. The zero-order chi connectivity index (χ0) is 19.4. The van der Waals surface area contributed by atoms with Gasteiger partial charge in [0.15, 0.2) is 4.84 Å². The van der Waals surface area contributed by atoms with E-state index in [1.54, 1.807) is 37.3 Å². The Morgan fingerprint density at radius 2 is 1.72 bits per heavy atom. The van der Waals surface area contributed by atoms with Crippen molar-refractivity contribution in [2.75, 3.05) is 18.4 Å². The summed E-state index contributed by atoms with van der Waals surface area (Å²) in [6, 6.07) is 4.98. The van der Waals surface area contributed by atoms with Crippen LogP contribution in [0.15, 0.2) is 43.5 Å². The highest BCUT2D eigenvalue weighted by Crippen LogP contribution is 2.24. The van der Waals surface area contributed by atoms with Crippen LogP contribution in [0.2, 0.25) is 10.0 Å². The van der Waals surface area contributed by atoms with Gasteiger partial charge in [-0.2, -0.15) is 0 Å². The van der Waals surface area contributed by atoms with Crippen LogP contribution >= 0.6 is 46.4 Å². The highest BCUT2D eigenvalue weighted by molar-refractivity contribution is 6.53. The molecule has 2 amide bonds. The molecule has 0 unspecified atom stereocenters. The third-order valence-corrected chi connectivity index (χ3v) is 3.83. The number of alkyl halides is 2. The normalized spacial score (nSPS) is 9.68. The second kappa shape index (κ2) is 13.1. The number of anilines is 1. The summed E-state index contributed by atoms with van der Waals surface area (Å²) >= 11 is 22.3. The average Bonchev–Trinajstić information content (AvgIpc) is 2.57. The van der Waals surface area contributed by atoms with E-state index in [2.05, 4.69) is 18.5 Å². The summed E-state index contributed by atoms with van der Waals surface area (Å²) in [5.74, 6) is -0.364. The van der Waals surface area contributed by atoms with Gasteiger partial charge >= 0.3 is 0 Å². The minimum atomic E-state index is -1.01. The molecule has 0 heterocycles. The molecule has 0 spiro atoms. The highest BCUT2D eigenvalue weighted by Gasteiger charge is 2.17. The third-order valence-electron chi connectivity index (χ3n) is 2.72. The smallest absolute Gasteiger partial charge is 0.256 e. The summed E-state index contributed by atoms with van der Waals surface area (Å²) in [7, 11) is 0. The Morgan fingerprint density at radius 3 is 2.12 bits per heavy atom. The van der Waals surface area contributed by atoms with Crippen LogP contribution in [0.25, 0.3) is 0 Å². The van der Waals surface area contributed by atoms with Crippen LogP contribution in [-0.2, 0) is 9.59 Å². The fourth-order valence-electron chi connectivity index (χ4n) is 1.53. The van der Waals surface area contributed by atoms with E-state index in [0.717, 1.165) is 0 Å². The summed E-state index contributed by atoms with van der Waals surface area (Å²) in [6.45, 7) is 9.67. The van der Waals surface area contributed by atoms with E-state index in [9.17, 15) is 9.59 Å². The van der Waals surface area contributed by atoms with E-state index in [-0.39, 0.29) is 11.8 Å². The molecule has 1 rings (SSSR count). The van der Waals surface area contributed by atoms with Crippen molar-refractivity contribution in [3.8, 4) is 0 Å². The van der Waals surface area contributed by atoms with Crippen LogP contribution in [0.3, 0.4) is 0 Å². The third kappa shape index (κ3) is 9.75. The van der Waals surface area contributed by atoms with Gasteiger partial charge in [0, 0.05) is 25.2 Å². The summed E-state index contributed by atoms with van der Waals surface area (Å²) in [5.41, 5.74) is 0.668. The Hall–Kier alpha value is -1.20. The molecule has 0 fully saturated rings. The van der Waals surface area contributed by atoms with E-state index >= 15 is 0 Å². The molecular weight excluding hydrogens is 406 g/mol. The zero-order valence-corrected chi connectivity index (χ0v) is 16.8. The standard InChI is InChI=1S/C9H9Cl2NO.C8H11Cl2NO/c1-2-9(13)12-6-3-4-7(10)8(11)5-6;1-3-5-11(6-4-2)8(12)7(9)10/h3-5H,2H2,1H3,(H,12,13);3-4,7H,1-2,5-6H2. The van der Waals surface area contributed by atoms with E-state index in [0.29, 0.717) is 35.2 Å². The molecule has 0 bridgehead atoms. The van der Waals surface area contributed by atoms with Crippen LogP contribution in [0.4, 0.5) is 5.69 Å². The first-order chi connectivity index (χ1) is 11.8. The average molecular weight is 426 g/mol. The molecule has 4 nitrogen and oxygen atoms in total. The molecule has 8 heteroatoms. The lowest BCUT2D eigenvalue weighted by molar-refractivity contribution is -0.128. The molecule has 1 aromatic rings. The van der Waals surface area contributed by atoms with Crippen LogP contribution < -0.4 is 5.32 Å². The SMILES string of the molecule is C=CCN(CC=C)C(=O)C(Cl)Cl.CCC(=O)Nc1ccc(Cl)c(Cl)c1. The fraction of sp³-hybridized carbons (Fsp3) is 0.294. The maximum atomic E-state index is 11.2. The van der Waals surface area contributed by atoms with Gasteiger partial charge in [-0.3, -0.25) is 9.59 Å². The van der Waals surface area contributed by atoms with Gasteiger partial charge in [0.05, 0.1) is 10.0 Å². The second-order valence-electron chi connectivity index (χ2n) is 4.65. The largest absolute Gasteiger partial charge is 0.333 e. The highest BCUT2D eigenvalue weighted by atomic mass is 35.5. The Morgan fingerprint density at radius 1 is 1.16 bits per heavy atom. The van der Waals surface area contributed by atoms with Gasteiger partial charge in [0.25, 0.3) is 5.91 Å². The monoisotopic (exact) mass is 424 g/mol. The number of amides is 2. The molecule has 0 aliphatic rings. The zero-order valence-electron chi connectivity index (χ0n) is 13.8. The van der Waals surface area contributed by atoms with Crippen molar-refractivity contribution in [2.45, 2.75) is 18.2 Å². The number of carbonyl (C=O) groups is 2. The Bertz CT molecular complexity index is 596. The van der Waals surface area contributed by atoms with Crippen molar-refractivity contribution in [2.24, 2.45) is 0 Å². The topological polar surface area (TPSA) is 49.4 Å². The van der Waals surface area contributed by atoms with Gasteiger partial charge in [-0.25, -0.2) is 0 Å². The molecule has 0 aliphatic heterocycles. The number of halogens is 4. The van der Waals surface area contributed by atoms with Gasteiger partial charge < -0.3 is 10.2 Å². The first kappa shape index (κ1) is 23.8. The van der Waals surface area contributed by atoms with Gasteiger partial charge in [-0.1, -0.05) is 65.5 Å². The van der Waals surface area contributed by atoms with Gasteiger partial charge in [0.2, 0.25) is 5.91 Å². The second-order valence-corrected chi connectivity index (χ2v) is 6.56. The Kier molecular flexibility index (Phi) is 12.4. The molecule has 25 heavy (non-hydrogen) atoms. The Labute approximate surface area is 168 Å². The first-order valence-corrected chi connectivity index (χ1v) is 8.93. The predicted molar refractivity (Wildman–Crippen MR) is 108 cm³/mol. The first-order valence-electron chi connectivity index (χ1n) is 7.30. The number of carbonyl (C=O) groups excluding carboxylic acids is 2. The minimum absolute atomic E-state index is 0.0432. The van der Waals surface area contributed by atoms with Crippen molar-refractivity contribution in [1.29, 1.82) is 0 Å². The number of benzene rings is 1. The van der Waals surface area contributed by atoms with Crippen molar-refractivity contribution >= 4 is 63.9 Å². The summed E-state index contributed by atoms with van der Waals surface area (Å²) in [4.78, 5) is 22.6. The predicted octanol–water partition coefficient (Wildman–Crippen LogP) is 5.33. The molecule has 0 radical (unpaired) electrons. The number of hydrogen-bond acceptors (Lipinski definition) is 2. The molecule has 0 aromatic heterocycles. The fourth-order valence-corrected chi connectivity index (χ4v) is 2.10. The van der Waals surface area contributed by atoms with Crippen LogP contribution in [0.5, 0.6) is 0 Å². The lowest BCUT2D eigenvalue weighted by Gasteiger charge is -2.19. The summed E-state index contributed by atoms with van der Waals surface area (Å²) in [6.07, 6.45) is 3.66. The summed E-state index contributed by atoms with van der Waals surface area (Å²) < 4.78 is 0. The van der Waals surface area contributed by atoms with E-state index in [1.807, 2.05) is 0 Å². The molecule has 0 saturated carbocycles.